The standard InChI is InChI=1S/C23H14FN3O6S/c1-33-17-7-13(24)16(6-11(17)19(28)12-8-25-14-5-3-2-4-10(12)14)27-21(29)18-15(26-23(27)32)9-34-20(18)22(30)31/h2-9,25H,1H3,(H,26,32)(H,30,31). The van der Waals surface area contributed by atoms with Gasteiger partial charge in [-0.1, -0.05) is 18.2 Å². The third-order valence-corrected chi connectivity index (χ3v) is 6.40. The number of hydrogen-bond donors (Lipinski definition) is 3. The molecule has 0 radical (unpaired) electrons. The molecule has 3 heterocycles. The molecule has 5 rings (SSSR count). The van der Waals surface area contributed by atoms with Crippen LogP contribution in [-0.2, 0) is 0 Å². The third-order valence-electron chi connectivity index (χ3n) is 5.44. The lowest BCUT2D eigenvalue weighted by molar-refractivity contribution is 0.0703. The van der Waals surface area contributed by atoms with Crippen LogP contribution in [-0.4, -0.2) is 38.5 Å². The largest absolute Gasteiger partial charge is 0.496 e. The molecule has 170 valence electrons. The molecule has 0 aliphatic heterocycles. The number of nitrogens with zero attached hydrogens (tertiary/aromatic N) is 1. The van der Waals surface area contributed by atoms with E-state index in [-0.39, 0.29) is 32.7 Å². The van der Waals surface area contributed by atoms with Crippen molar-refractivity contribution in [2.45, 2.75) is 0 Å². The fraction of sp³-hybridized carbons (Fsp3) is 0.0435. The Bertz CT molecular complexity index is 1760. The highest BCUT2D eigenvalue weighted by Crippen LogP contribution is 2.29. The maximum atomic E-state index is 15.1. The second kappa shape index (κ2) is 7.81. The van der Waals surface area contributed by atoms with E-state index in [1.807, 2.05) is 0 Å². The molecule has 0 aliphatic rings. The Hall–Kier alpha value is -4.51. The van der Waals surface area contributed by atoms with Gasteiger partial charge in [-0.2, -0.15) is 0 Å². The summed E-state index contributed by atoms with van der Waals surface area (Å²) in [6.07, 6.45) is 1.50. The molecule has 0 amide bonds. The molecule has 0 spiro atoms. The molecule has 34 heavy (non-hydrogen) atoms. The topological polar surface area (TPSA) is 134 Å². The van der Waals surface area contributed by atoms with Crippen LogP contribution in [0.25, 0.3) is 27.5 Å². The molecule has 9 nitrogen and oxygen atoms in total. The summed E-state index contributed by atoms with van der Waals surface area (Å²) in [4.78, 5) is 55.8. The molecule has 0 unspecified atom stereocenters. The molecule has 3 aromatic heterocycles. The SMILES string of the molecule is COc1cc(F)c(-n2c(=O)[nH]c3csc(C(=O)O)c3c2=O)cc1C(=O)c1c[nH]c2ccccc12. The van der Waals surface area contributed by atoms with E-state index in [1.54, 1.807) is 24.3 Å². The summed E-state index contributed by atoms with van der Waals surface area (Å²) in [5.41, 5.74) is -1.58. The van der Waals surface area contributed by atoms with Crippen LogP contribution in [0.4, 0.5) is 4.39 Å². The first-order valence-corrected chi connectivity index (χ1v) is 10.7. The Morgan fingerprint density at radius 1 is 1.12 bits per heavy atom. The van der Waals surface area contributed by atoms with Crippen molar-refractivity contribution in [3.63, 3.8) is 0 Å². The minimum absolute atomic E-state index is 0.0256. The molecule has 0 atom stereocenters. The van der Waals surface area contributed by atoms with Gasteiger partial charge >= 0.3 is 11.7 Å². The summed E-state index contributed by atoms with van der Waals surface area (Å²) in [7, 11) is 1.26. The number of carbonyl (C=O) groups excluding carboxylic acids is 1. The minimum Gasteiger partial charge on any atom is -0.496 e. The van der Waals surface area contributed by atoms with Crippen LogP contribution < -0.4 is 16.0 Å². The number of halogens is 1. The average Bonchev–Trinajstić information content (AvgIpc) is 3.44. The van der Waals surface area contributed by atoms with Gasteiger partial charge in [0.2, 0.25) is 0 Å². The van der Waals surface area contributed by atoms with E-state index in [9.17, 15) is 24.3 Å². The lowest BCUT2D eigenvalue weighted by Crippen LogP contribution is -2.34. The van der Waals surface area contributed by atoms with Crippen molar-refractivity contribution in [3.8, 4) is 11.4 Å². The van der Waals surface area contributed by atoms with Gasteiger partial charge in [-0.3, -0.25) is 9.59 Å². The van der Waals surface area contributed by atoms with Crippen molar-refractivity contribution < 1.29 is 23.8 Å². The van der Waals surface area contributed by atoms with Crippen molar-refractivity contribution in [2.24, 2.45) is 0 Å². The number of methoxy groups -OCH3 is 1. The number of ketones is 1. The molecule has 5 aromatic rings. The van der Waals surface area contributed by atoms with E-state index in [0.717, 1.165) is 23.5 Å². The number of aromatic amines is 2. The summed E-state index contributed by atoms with van der Waals surface area (Å²) in [6.45, 7) is 0. The highest BCUT2D eigenvalue weighted by atomic mass is 32.1. The van der Waals surface area contributed by atoms with Crippen LogP contribution >= 0.6 is 11.3 Å². The molecule has 0 saturated carbocycles. The number of para-hydroxylation sites is 1. The first kappa shape index (κ1) is 21.3. The van der Waals surface area contributed by atoms with Gasteiger partial charge in [-0.05, 0) is 12.1 Å². The Morgan fingerprint density at radius 2 is 1.88 bits per heavy atom. The average molecular weight is 479 g/mol. The minimum atomic E-state index is -1.36. The monoisotopic (exact) mass is 479 g/mol. The maximum absolute atomic E-state index is 15.1. The third kappa shape index (κ3) is 3.13. The summed E-state index contributed by atoms with van der Waals surface area (Å²) in [5, 5.41) is 11.1. The van der Waals surface area contributed by atoms with Gasteiger partial charge in [0, 0.05) is 34.1 Å². The fourth-order valence-corrected chi connectivity index (χ4v) is 4.71. The lowest BCUT2D eigenvalue weighted by atomic mass is 10.0. The van der Waals surface area contributed by atoms with E-state index in [2.05, 4.69) is 9.97 Å². The molecule has 3 N–H and O–H groups in total. The van der Waals surface area contributed by atoms with Gasteiger partial charge in [-0.25, -0.2) is 18.5 Å². The van der Waals surface area contributed by atoms with Crippen LogP contribution in [0.1, 0.15) is 25.6 Å². The lowest BCUT2D eigenvalue weighted by Gasteiger charge is -2.12. The first-order valence-electron chi connectivity index (χ1n) is 9.80. The number of fused-ring (bicyclic) bond motifs is 2. The molecule has 0 bridgehead atoms. The molecule has 0 aliphatic carbocycles. The van der Waals surface area contributed by atoms with E-state index in [4.69, 9.17) is 4.74 Å². The Balaban J connectivity index is 1.77. The zero-order chi connectivity index (χ0) is 24.1. The predicted octanol–water partition coefficient (Wildman–Crippen LogP) is 3.30. The summed E-state index contributed by atoms with van der Waals surface area (Å²) in [6, 6.07) is 9.04. The second-order valence-electron chi connectivity index (χ2n) is 7.31. The van der Waals surface area contributed by atoms with Crippen molar-refractivity contribution >= 4 is 44.9 Å². The maximum Gasteiger partial charge on any atom is 0.346 e. The smallest absolute Gasteiger partial charge is 0.346 e. The number of aromatic nitrogens is 3. The number of hydrogen-bond acceptors (Lipinski definition) is 6. The van der Waals surface area contributed by atoms with Crippen LogP contribution in [0.5, 0.6) is 5.75 Å². The van der Waals surface area contributed by atoms with Gasteiger partial charge < -0.3 is 19.8 Å². The Labute approximate surface area is 192 Å². The number of benzene rings is 2. The van der Waals surface area contributed by atoms with Gasteiger partial charge in [-0.15, -0.1) is 11.3 Å². The van der Waals surface area contributed by atoms with Crippen molar-refractivity contribution in [1.82, 2.24) is 14.5 Å². The van der Waals surface area contributed by atoms with E-state index < -0.39 is 34.5 Å². The fourth-order valence-electron chi connectivity index (χ4n) is 3.88. The number of H-pyrrole nitrogens is 2. The number of nitrogens with one attached hydrogen (secondary N) is 2. The first-order chi connectivity index (χ1) is 16.3. The van der Waals surface area contributed by atoms with E-state index >= 15 is 4.39 Å². The highest BCUT2D eigenvalue weighted by molar-refractivity contribution is 7.13. The van der Waals surface area contributed by atoms with Crippen LogP contribution in [0.15, 0.2) is 57.6 Å². The molecular weight excluding hydrogens is 465 g/mol. The zero-order valence-corrected chi connectivity index (χ0v) is 18.2. The van der Waals surface area contributed by atoms with Gasteiger partial charge in [0.05, 0.1) is 29.3 Å². The molecular formula is C23H14FN3O6S. The highest BCUT2D eigenvalue weighted by Gasteiger charge is 2.24. The number of aromatic carboxylic acids is 1. The zero-order valence-electron chi connectivity index (χ0n) is 17.3. The number of thiophene rings is 1. The summed E-state index contributed by atoms with van der Waals surface area (Å²) < 4.78 is 20.8. The number of carboxylic acids is 1. The molecule has 11 heteroatoms. The normalized spacial score (nSPS) is 11.2. The van der Waals surface area contributed by atoms with Crippen molar-refractivity contribution in [3.05, 3.63) is 90.6 Å². The molecule has 0 saturated heterocycles. The predicted molar refractivity (Wildman–Crippen MR) is 123 cm³/mol. The van der Waals surface area contributed by atoms with Gasteiger partial charge in [0.1, 0.15) is 10.6 Å². The second-order valence-corrected chi connectivity index (χ2v) is 8.19. The van der Waals surface area contributed by atoms with E-state index in [0.29, 0.717) is 15.5 Å². The van der Waals surface area contributed by atoms with Crippen molar-refractivity contribution in [2.75, 3.05) is 7.11 Å². The summed E-state index contributed by atoms with van der Waals surface area (Å²) in [5.74, 6) is -2.99. The quantitative estimate of drug-likeness (QED) is 0.331. The van der Waals surface area contributed by atoms with Crippen LogP contribution in [0, 0.1) is 5.82 Å². The Kier molecular flexibility index (Phi) is 4.91. The number of ether oxygens (including phenoxy) is 1. The molecule has 0 fully saturated rings. The number of carbonyl (C=O) groups is 2. The molecule has 2 aromatic carbocycles. The van der Waals surface area contributed by atoms with Crippen LogP contribution in [0.3, 0.4) is 0 Å². The van der Waals surface area contributed by atoms with Crippen molar-refractivity contribution in [1.29, 1.82) is 0 Å². The number of carboxylic acid groups (broad SMARTS) is 1. The summed E-state index contributed by atoms with van der Waals surface area (Å²) >= 11 is 0.761. The number of rotatable bonds is 5. The van der Waals surface area contributed by atoms with Crippen LogP contribution in [0.2, 0.25) is 0 Å². The van der Waals surface area contributed by atoms with Gasteiger partial charge in [0.25, 0.3) is 5.56 Å². The van der Waals surface area contributed by atoms with Gasteiger partial charge in [0.15, 0.2) is 11.6 Å². The van der Waals surface area contributed by atoms with E-state index in [1.165, 1.54) is 18.7 Å². The Morgan fingerprint density at radius 3 is 2.62 bits per heavy atom.